The fraction of sp³-hybridized carbons (Fsp3) is 0.600. The summed E-state index contributed by atoms with van der Waals surface area (Å²) in [6.07, 6.45) is 7.45. The molecule has 2 aliphatic rings. The van der Waals surface area contributed by atoms with Crippen molar-refractivity contribution in [3.8, 4) is 5.69 Å². The van der Waals surface area contributed by atoms with Gasteiger partial charge in [0, 0.05) is 12.6 Å². The Morgan fingerprint density at radius 2 is 1.85 bits per heavy atom. The highest BCUT2D eigenvalue weighted by atomic mass is 32.2. The molecule has 2 fully saturated rings. The van der Waals surface area contributed by atoms with Crippen LogP contribution in [0, 0.1) is 19.8 Å². The molecule has 0 bridgehead atoms. The SMILES string of the molecule is Cc1cc(C)cc(-n2nnnc2SCC(=O)N2CCC[C@@H]3CCCC[C@@H]32)c1. The normalized spacial score (nSPS) is 22.5. The molecule has 1 aromatic carbocycles. The number of benzene rings is 1. The van der Waals surface area contributed by atoms with E-state index in [1.165, 1.54) is 55.0 Å². The summed E-state index contributed by atoms with van der Waals surface area (Å²) in [6, 6.07) is 6.70. The Morgan fingerprint density at radius 1 is 1.11 bits per heavy atom. The number of carbonyl (C=O) groups is 1. The zero-order valence-corrected chi connectivity index (χ0v) is 16.9. The molecular formula is C20H27N5OS. The van der Waals surface area contributed by atoms with Crippen LogP contribution >= 0.6 is 11.8 Å². The third kappa shape index (κ3) is 4.03. The van der Waals surface area contributed by atoms with Gasteiger partial charge in [0.2, 0.25) is 11.1 Å². The zero-order valence-electron chi connectivity index (χ0n) is 16.1. The first-order valence-corrected chi connectivity index (χ1v) is 10.9. The van der Waals surface area contributed by atoms with Crippen molar-refractivity contribution >= 4 is 17.7 Å². The Hall–Kier alpha value is -1.89. The van der Waals surface area contributed by atoms with Crippen molar-refractivity contribution in [1.29, 1.82) is 0 Å². The summed E-state index contributed by atoms with van der Waals surface area (Å²) in [5.41, 5.74) is 3.28. The Balaban J connectivity index is 1.45. The van der Waals surface area contributed by atoms with Gasteiger partial charge >= 0.3 is 0 Å². The van der Waals surface area contributed by atoms with Gasteiger partial charge in [-0.3, -0.25) is 4.79 Å². The van der Waals surface area contributed by atoms with Crippen LogP contribution in [0.1, 0.15) is 49.7 Å². The molecular weight excluding hydrogens is 358 g/mol. The summed E-state index contributed by atoms with van der Waals surface area (Å²) in [7, 11) is 0. The van der Waals surface area contributed by atoms with Crippen LogP contribution in [0.3, 0.4) is 0 Å². The summed E-state index contributed by atoms with van der Waals surface area (Å²) in [4.78, 5) is 15.1. The summed E-state index contributed by atoms with van der Waals surface area (Å²) >= 11 is 1.44. The third-order valence-corrected chi connectivity index (χ3v) is 6.68. The van der Waals surface area contributed by atoms with E-state index in [1.807, 2.05) is 0 Å². The molecule has 7 heteroatoms. The molecule has 27 heavy (non-hydrogen) atoms. The highest BCUT2D eigenvalue weighted by molar-refractivity contribution is 7.99. The number of hydrogen-bond acceptors (Lipinski definition) is 5. The number of piperidine rings is 1. The van der Waals surface area contributed by atoms with Gasteiger partial charge in [0.1, 0.15) is 0 Å². The molecule has 0 radical (unpaired) electrons. The molecule has 2 aromatic rings. The van der Waals surface area contributed by atoms with Crippen molar-refractivity contribution in [2.24, 2.45) is 5.92 Å². The quantitative estimate of drug-likeness (QED) is 0.753. The van der Waals surface area contributed by atoms with Gasteiger partial charge in [-0.15, -0.1) is 5.10 Å². The number of aryl methyl sites for hydroxylation is 2. The van der Waals surface area contributed by atoms with Gasteiger partial charge in [0.15, 0.2) is 0 Å². The summed E-state index contributed by atoms with van der Waals surface area (Å²) in [6.45, 7) is 5.03. The van der Waals surface area contributed by atoms with Crippen LogP contribution in [0.15, 0.2) is 23.4 Å². The van der Waals surface area contributed by atoms with E-state index in [0.29, 0.717) is 22.9 Å². The van der Waals surface area contributed by atoms with Gasteiger partial charge < -0.3 is 4.90 Å². The zero-order chi connectivity index (χ0) is 18.8. The average Bonchev–Trinajstić information content (AvgIpc) is 3.13. The van der Waals surface area contributed by atoms with Crippen LogP contribution in [0.5, 0.6) is 0 Å². The summed E-state index contributed by atoms with van der Waals surface area (Å²) in [5, 5.41) is 12.8. The molecule has 0 spiro atoms. The highest BCUT2D eigenvalue weighted by Crippen LogP contribution is 2.35. The standard InChI is InChI=1S/C20H27N5OS/c1-14-10-15(2)12-17(11-14)25-20(21-22-23-25)27-13-19(26)24-9-5-7-16-6-3-4-8-18(16)24/h10-12,16,18H,3-9,13H2,1-2H3/t16-,18-/m0/s1. The van der Waals surface area contributed by atoms with Crippen LogP contribution in [0.4, 0.5) is 0 Å². The summed E-state index contributed by atoms with van der Waals surface area (Å²) < 4.78 is 1.73. The van der Waals surface area contributed by atoms with Crippen LogP contribution in [0.25, 0.3) is 5.69 Å². The number of tetrazole rings is 1. The predicted molar refractivity (Wildman–Crippen MR) is 106 cm³/mol. The lowest BCUT2D eigenvalue weighted by Gasteiger charge is -2.44. The van der Waals surface area contributed by atoms with Crippen LogP contribution in [0.2, 0.25) is 0 Å². The van der Waals surface area contributed by atoms with Crippen molar-refractivity contribution in [1.82, 2.24) is 25.1 Å². The van der Waals surface area contributed by atoms with Crippen molar-refractivity contribution < 1.29 is 4.79 Å². The molecule has 1 aromatic heterocycles. The van der Waals surface area contributed by atoms with E-state index in [1.54, 1.807) is 4.68 Å². The first kappa shape index (κ1) is 18.5. The second-order valence-electron chi connectivity index (χ2n) is 7.85. The van der Waals surface area contributed by atoms with Crippen molar-refractivity contribution in [2.45, 2.75) is 63.6 Å². The fourth-order valence-electron chi connectivity index (χ4n) is 4.65. The molecule has 2 heterocycles. The molecule has 4 rings (SSSR count). The highest BCUT2D eigenvalue weighted by Gasteiger charge is 2.35. The lowest BCUT2D eigenvalue weighted by Crippen LogP contribution is -2.50. The van der Waals surface area contributed by atoms with E-state index >= 15 is 0 Å². The second kappa shape index (κ2) is 8.00. The maximum atomic E-state index is 12.9. The smallest absolute Gasteiger partial charge is 0.233 e. The fourth-order valence-corrected chi connectivity index (χ4v) is 5.42. The number of likely N-dealkylation sites (tertiary alicyclic amines) is 1. The van der Waals surface area contributed by atoms with Gasteiger partial charge in [-0.1, -0.05) is 30.7 Å². The summed E-state index contributed by atoms with van der Waals surface area (Å²) in [5.74, 6) is 1.34. The minimum Gasteiger partial charge on any atom is -0.339 e. The second-order valence-corrected chi connectivity index (χ2v) is 8.79. The van der Waals surface area contributed by atoms with Gasteiger partial charge in [-0.05, 0) is 79.1 Å². The van der Waals surface area contributed by atoms with Gasteiger partial charge in [-0.25, -0.2) is 0 Å². The first-order valence-electron chi connectivity index (χ1n) is 9.91. The number of rotatable bonds is 4. The number of carbonyl (C=O) groups excluding carboxylic acids is 1. The van der Waals surface area contributed by atoms with E-state index in [-0.39, 0.29) is 5.91 Å². The first-order chi connectivity index (χ1) is 13.1. The van der Waals surface area contributed by atoms with E-state index in [0.717, 1.165) is 18.7 Å². The molecule has 0 unspecified atom stereocenters. The molecule has 1 saturated heterocycles. The number of thioether (sulfide) groups is 1. The van der Waals surface area contributed by atoms with Crippen molar-refractivity contribution in [3.63, 3.8) is 0 Å². The van der Waals surface area contributed by atoms with Crippen molar-refractivity contribution in [2.75, 3.05) is 12.3 Å². The molecule has 0 N–H and O–H groups in total. The number of fused-ring (bicyclic) bond motifs is 1. The molecule has 6 nitrogen and oxygen atoms in total. The van der Waals surface area contributed by atoms with Gasteiger partial charge in [0.25, 0.3) is 0 Å². The van der Waals surface area contributed by atoms with Crippen LogP contribution in [-0.4, -0.2) is 49.4 Å². The topological polar surface area (TPSA) is 63.9 Å². The monoisotopic (exact) mass is 385 g/mol. The minimum atomic E-state index is 0.228. The van der Waals surface area contributed by atoms with E-state index in [4.69, 9.17) is 0 Å². The Bertz CT molecular complexity index is 798. The Labute approximate surface area is 164 Å². The average molecular weight is 386 g/mol. The van der Waals surface area contributed by atoms with Crippen LogP contribution in [-0.2, 0) is 4.79 Å². The molecule has 1 aliphatic carbocycles. The molecule has 1 saturated carbocycles. The maximum Gasteiger partial charge on any atom is 0.233 e. The van der Waals surface area contributed by atoms with E-state index < -0.39 is 0 Å². The van der Waals surface area contributed by atoms with Gasteiger partial charge in [-0.2, -0.15) is 4.68 Å². The van der Waals surface area contributed by atoms with Crippen molar-refractivity contribution in [3.05, 3.63) is 29.3 Å². The molecule has 2 atom stereocenters. The Kier molecular flexibility index (Phi) is 5.48. The van der Waals surface area contributed by atoms with E-state index in [9.17, 15) is 4.79 Å². The number of amides is 1. The van der Waals surface area contributed by atoms with E-state index in [2.05, 4.69) is 52.5 Å². The largest absolute Gasteiger partial charge is 0.339 e. The lowest BCUT2D eigenvalue weighted by atomic mass is 9.78. The minimum absolute atomic E-state index is 0.228. The molecule has 1 aliphatic heterocycles. The van der Waals surface area contributed by atoms with Crippen LogP contribution < -0.4 is 0 Å². The third-order valence-electron chi connectivity index (χ3n) is 5.78. The van der Waals surface area contributed by atoms with Gasteiger partial charge in [0.05, 0.1) is 11.4 Å². The number of hydrogen-bond donors (Lipinski definition) is 0. The maximum absolute atomic E-state index is 12.9. The number of nitrogens with zero attached hydrogens (tertiary/aromatic N) is 5. The lowest BCUT2D eigenvalue weighted by molar-refractivity contribution is -0.134. The Morgan fingerprint density at radius 3 is 2.67 bits per heavy atom. The molecule has 1 amide bonds. The molecule has 144 valence electrons. The predicted octanol–water partition coefficient (Wildman–Crippen LogP) is 3.55. The number of aromatic nitrogens is 4.